The molecule has 1 N–H and O–H groups in total. The van der Waals surface area contributed by atoms with Gasteiger partial charge in [0.05, 0.1) is 15.8 Å². The van der Waals surface area contributed by atoms with Crippen molar-refractivity contribution >= 4 is 29.1 Å². The van der Waals surface area contributed by atoms with Gasteiger partial charge in [-0.3, -0.25) is 4.79 Å². The summed E-state index contributed by atoms with van der Waals surface area (Å²) < 4.78 is 5.59. The van der Waals surface area contributed by atoms with E-state index in [-0.39, 0.29) is 0 Å². The van der Waals surface area contributed by atoms with Crippen LogP contribution in [0.25, 0.3) is 10.8 Å². The summed E-state index contributed by atoms with van der Waals surface area (Å²) >= 11 is 2.91. The van der Waals surface area contributed by atoms with Gasteiger partial charge in [0, 0.05) is 5.75 Å². The van der Waals surface area contributed by atoms with Gasteiger partial charge in [-0.1, -0.05) is 6.07 Å². The normalized spacial score (nSPS) is 12.6. The Balaban J connectivity index is 2.08. The minimum atomic E-state index is -0.806. The SMILES string of the molecule is Cc1oc(-c2cccs2)nc1CSC(C)C(=O)O. The third-order valence-corrected chi connectivity index (χ3v) is 4.44. The molecule has 2 heterocycles. The van der Waals surface area contributed by atoms with Crippen molar-refractivity contribution < 1.29 is 14.3 Å². The number of carboxylic acid groups (broad SMARTS) is 1. The molecule has 6 heteroatoms. The van der Waals surface area contributed by atoms with E-state index in [1.807, 2.05) is 24.4 Å². The van der Waals surface area contributed by atoms with Gasteiger partial charge in [-0.25, -0.2) is 4.98 Å². The van der Waals surface area contributed by atoms with E-state index in [0.717, 1.165) is 16.3 Å². The number of hydrogen-bond acceptors (Lipinski definition) is 5. The molecule has 0 bridgehead atoms. The highest BCUT2D eigenvalue weighted by Crippen LogP contribution is 2.28. The van der Waals surface area contributed by atoms with Gasteiger partial charge < -0.3 is 9.52 Å². The molecule has 1 atom stereocenters. The number of hydrogen-bond donors (Lipinski definition) is 1. The lowest BCUT2D eigenvalue weighted by Crippen LogP contribution is -2.11. The Morgan fingerprint density at radius 2 is 2.44 bits per heavy atom. The molecular formula is C12H13NO3S2. The molecule has 4 nitrogen and oxygen atoms in total. The van der Waals surface area contributed by atoms with Crippen molar-refractivity contribution in [3.05, 3.63) is 29.0 Å². The molecule has 2 rings (SSSR count). The second kappa shape index (κ2) is 5.58. The van der Waals surface area contributed by atoms with Crippen LogP contribution < -0.4 is 0 Å². The molecule has 1 unspecified atom stereocenters. The van der Waals surface area contributed by atoms with Crippen LogP contribution >= 0.6 is 23.1 Å². The summed E-state index contributed by atoms with van der Waals surface area (Å²) in [4.78, 5) is 16.1. The van der Waals surface area contributed by atoms with Crippen molar-refractivity contribution in [2.24, 2.45) is 0 Å². The number of carboxylic acids is 1. The molecule has 0 radical (unpaired) electrons. The predicted octanol–water partition coefficient (Wildman–Crippen LogP) is 3.42. The maximum atomic E-state index is 10.7. The standard InChI is InChI=1S/C12H13NO3S2/c1-7-9(6-18-8(2)12(14)15)13-11(16-7)10-4-3-5-17-10/h3-5,8H,6H2,1-2H3,(H,14,15). The molecule has 96 valence electrons. The first-order valence-corrected chi connectivity index (χ1v) is 7.35. The topological polar surface area (TPSA) is 63.3 Å². The molecule has 2 aromatic heterocycles. The molecule has 0 saturated heterocycles. The van der Waals surface area contributed by atoms with Crippen molar-refractivity contribution in [3.63, 3.8) is 0 Å². The molecule has 0 fully saturated rings. The second-order valence-corrected chi connectivity index (χ2v) is 6.07. The first-order valence-electron chi connectivity index (χ1n) is 5.42. The fourth-order valence-electron chi connectivity index (χ4n) is 1.34. The second-order valence-electron chi connectivity index (χ2n) is 3.79. The van der Waals surface area contributed by atoms with Gasteiger partial charge in [0.25, 0.3) is 0 Å². The number of nitrogens with zero attached hydrogens (tertiary/aromatic N) is 1. The molecule has 18 heavy (non-hydrogen) atoms. The van der Waals surface area contributed by atoms with Crippen LogP contribution in [-0.4, -0.2) is 21.3 Å². The molecule has 0 spiro atoms. The number of carbonyl (C=O) groups is 1. The van der Waals surface area contributed by atoms with Crippen molar-refractivity contribution in [3.8, 4) is 10.8 Å². The Labute approximate surface area is 113 Å². The molecule has 0 aromatic carbocycles. The zero-order valence-electron chi connectivity index (χ0n) is 10.0. The number of aryl methyl sites for hydroxylation is 1. The Kier molecular flexibility index (Phi) is 4.08. The average molecular weight is 283 g/mol. The number of oxazole rings is 1. The minimum Gasteiger partial charge on any atom is -0.480 e. The van der Waals surface area contributed by atoms with E-state index < -0.39 is 11.2 Å². The molecule has 0 aliphatic heterocycles. The van der Waals surface area contributed by atoms with E-state index in [1.54, 1.807) is 18.3 Å². The van der Waals surface area contributed by atoms with Crippen molar-refractivity contribution in [2.45, 2.75) is 24.9 Å². The number of thioether (sulfide) groups is 1. The predicted molar refractivity (Wildman–Crippen MR) is 72.9 cm³/mol. The summed E-state index contributed by atoms with van der Waals surface area (Å²) in [7, 11) is 0. The van der Waals surface area contributed by atoms with Gasteiger partial charge in [0.1, 0.15) is 5.76 Å². The third kappa shape index (κ3) is 2.94. The van der Waals surface area contributed by atoms with E-state index in [9.17, 15) is 4.79 Å². The van der Waals surface area contributed by atoms with Gasteiger partial charge in [-0.2, -0.15) is 0 Å². The van der Waals surface area contributed by atoms with E-state index in [1.165, 1.54) is 11.8 Å². The van der Waals surface area contributed by atoms with Crippen LogP contribution in [0.4, 0.5) is 0 Å². The summed E-state index contributed by atoms with van der Waals surface area (Å²) in [5.41, 5.74) is 0.816. The fraction of sp³-hybridized carbons (Fsp3) is 0.333. The summed E-state index contributed by atoms with van der Waals surface area (Å²) in [5.74, 6) is 1.11. The monoisotopic (exact) mass is 283 g/mol. The first kappa shape index (κ1) is 13.2. The Morgan fingerprint density at radius 3 is 3.06 bits per heavy atom. The van der Waals surface area contributed by atoms with Crippen LogP contribution in [-0.2, 0) is 10.5 Å². The summed E-state index contributed by atoms with van der Waals surface area (Å²) in [6, 6.07) is 3.90. The highest BCUT2D eigenvalue weighted by atomic mass is 32.2. The lowest BCUT2D eigenvalue weighted by molar-refractivity contribution is -0.136. The lowest BCUT2D eigenvalue weighted by Gasteiger charge is -2.03. The van der Waals surface area contributed by atoms with Gasteiger partial charge in [0.2, 0.25) is 5.89 Å². The zero-order chi connectivity index (χ0) is 13.1. The van der Waals surface area contributed by atoms with Crippen LogP contribution in [0.3, 0.4) is 0 Å². The highest BCUT2D eigenvalue weighted by Gasteiger charge is 2.16. The Bertz CT molecular complexity index is 534. The summed E-state index contributed by atoms with van der Waals surface area (Å²) in [5, 5.41) is 10.4. The molecule has 0 aliphatic carbocycles. The number of thiophene rings is 1. The highest BCUT2D eigenvalue weighted by molar-refractivity contribution is 7.99. The van der Waals surface area contributed by atoms with Crippen LogP contribution in [0.1, 0.15) is 18.4 Å². The van der Waals surface area contributed by atoms with E-state index in [0.29, 0.717) is 11.6 Å². The van der Waals surface area contributed by atoms with E-state index >= 15 is 0 Å². The minimum absolute atomic E-state index is 0.439. The maximum absolute atomic E-state index is 10.7. The number of aromatic nitrogens is 1. The van der Waals surface area contributed by atoms with Gasteiger partial charge >= 0.3 is 5.97 Å². The van der Waals surface area contributed by atoms with Crippen LogP contribution in [0.5, 0.6) is 0 Å². The number of rotatable bonds is 5. The first-order chi connectivity index (χ1) is 8.58. The Hall–Kier alpha value is -1.27. The van der Waals surface area contributed by atoms with Gasteiger partial charge in [-0.15, -0.1) is 23.1 Å². The van der Waals surface area contributed by atoms with Crippen molar-refractivity contribution in [1.82, 2.24) is 4.98 Å². The quantitative estimate of drug-likeness (QED) is 0.911. The maximum Gasteiger partial charge on any atom is 0.316 e. The van der Waals surface area contributed by atoms with Crippen molar-refractivity contribution in [2.75, 3.05) is 0 Å². The Morgan fingerprint density at radius 1 is 1.67 bits per heavy atom. The van der Waals surface area contributed by atoms with Crippen LogP contribution in [0.15, 0.2) is 21.9 Å². The molecule has 0 saturated carbocycles. The smallest absolute Gasteiger partial charge is 0.316 e. The molecular weight excluding hydrogens is 270 g/mol. The van der Waals surface area contributed by atoms with Crippen LogP contribution in [0.2, 0.25) is 0 Å². The van der Waals surface area contributed by atoms with Gasteiger partial charge in [-0.05, 0) is 25.3 Å². The average Bonchev–Trinajstić information content (AvgIpc) is 2.94. The van der Waals surface area contributed by atoms with Crippen molar-refractivity contribution in [1.29, 1.82) is 0 Å². The van der Waals surface area contributed by atoms with Gasteiger partial charge in [0.15, 0.2) is 0 Å². The summed E-state index contributed by atoms with van der Waals surface area (Å²) in [6.07, 6.45) is 0. The summed E-state index contributed by atoms with van der Waals surface area (Å²) in [6.45, 7) is 3.52. The van der Waals surface area contributed by atoms with E-state index in [4.69, 9.17) is 9.52 Å². The number of aliphatic carboxylic acids is 1. The molecule has 0 amide bonds. The zero-order valence-corrected chi connectivity index (χ0v) is 11.7. The largest absolute Gasteiger partial charge is 0.480 e. The molecule has 2 aromatic rings. The third-order valence-electron chi connectivity index (χ3n) is 2.44. The lowest BCUT2D eigenvalue weighted by atomic mass is 10.4. The van der Waals surface area contributed by atoms with E-state index in [2.05, 4.69) is 4.98 Å². The fourth-order valence-corrected chi connectivity index (χ4v) is 2.81. The molecule has 0 aliphatic rings. The van der Waals surface area contributed by atoms with Crippen LogP contribution in [0, 0.1) is 6.92 Å².